The molecule has 0 aliphatic carbocycles. The van der Waals surface area contributed by atoms with Gasteiger partial charge in [0.25, 0.3) is 0 Å². The molecule has 1 amide bonds. The first-order chi connectivity index (χ1) is 13.0. The molecular formula is C23H31N3O. The first kappa shape index (κ1) is 19.4. The second-order valence-electron chi connectivity index (χ2n) is 7.73. The monoisotopic (exact) mass is 365 g/mol. The van der Waals surface area contributed by atoms with Crippen LogP contribution in [-0.2, 0) is 11.3 Å². The fraction of sp³-hybridized carbons (Fsp3) is 0.435. The number of benzene rings is 2. The number of nitrogens with one attached hydrogen (secondary N) is 1. The quantitative estimate of drug-likeness (QED) is 0.788. The van der Waals surface area contributed by atoms with Crippen molar-refractivity contribution >= 4 is 17.3 Å². The van der Waals surface area contributed by atoms with E-state index in [9.17, 15) is 4.79 Å². The Bertz CT molecular complexity index is 751. The van der Waals surface area contributed by atoms with Crippen molar-refractivity contribution in [2.45, 2.75) is 46.2 Å². The average molecular weight is 366 g/mol. The Morgan fingerprint density at radius 3 is 2.44 bits per heavy atom. The van der Waals surface area contributed by atoms with Crippen LogP contribution in [0, 0.1) is 6.92 Å². The molecular weight excluding hydrogens is 334 g/mol. The molecule has 3 rings (SSSR count). The standard InChI is InChI=1S/C23H31N3O/c1-18(2)26(16-20-9-5-4-6-10-20)17-23(27)24-22-12-11-21(15-19(22)3)25-13-7-8-14-25/h4-6,9-12,15,18H,7-8,13-14,16-17H2,1-3H3,(H,24,27). The topological polar surface area (TPSA) is 35.6 Å². The molecule has 2 aromatic rings. The van der Waals surface area contributed by atoms with Crippen LogP contribution in [-0.4, -0.2) is 36.5 Å². The van der Waals surface area contributed by atoms with Gasteiger partial charge >= 0.3 is 0 Å². The summed E-state index contributed by atoms with van der Waals surface area (Å²) in [5.41, 5.74) is 4.51. The molecule has 1 saturated heterocycles. The molecule has 0 radical (unpaired) electrons. The third-order valence-electron chi connectivity index (χ3n) is 5.26. The number of amides is 1. The second kappa shape index (κ2) is 9.05. The summed E-state index contributed by atoms with van der Waals surface area (Å²) in [5.74, 6) is 0.0386. The van der Waals surface area contributed by atoms with Crippen LogP contribution in [0.3, 0.4) is 0 Å². The van der Waals surface area contributed by atoms with Gasteiger partial charge in [0.05, 0.1) is 6.54 Å². The van der Waals surface area contributed by atoms with E-state index in [0.717, 1.165) is 30.9 Å². The fourth-order valence-electron chi connectivity index (χ4n) is 3.57. The van der Waals surface area contributed by atoms with E-state index in [2.05, 4.69) is 60.2 Å². The minimum absolute atomic E-state index is 0.0386. The maximum Gasteiger partial charge on any atom is 0.238 e. The summed E-state index contributed by atoms with van der Waals surface area (Å²) < 4.78 is 0. The molecule has 27 heavy (non-hydrogen) atoms. The van der Waals surface area contributed by atoms with E-state index in [-0.39, 0.29) is 5.91 Å². The minimum Gasteiger partial charge on any atom is -0.372 e. The van der Waals surface area contributed by atoms with Gasteiger partial charge in [0.1, 0.15) is 0 Å². The molecule has 2 aromatic carbocycles. The van der Waals surface area contributed by atoms with Crippen LogP contribution in [0.15, 0.2) is 48.5 Å². The number of hydrogen-bond acceptors (Lipinski definition) is 3. The number of anilines is 2. The lowest BCUT2D eigenvalue weighted by molar-refractivity contribution is -0.117. The van der Waals surface area contributed by atoms with E-state index in [0.29, 0.717) is 12.6 Å². The van der Waals surface area contributed by atoms with Gasteiger partial charge in [-0.05, 0) is 62.9 Å². The highest BCUT2D eigenvalue weighted by Crippen LogP contribution is 2.25. The lowest BCUT2D eigenvalue weighted by Crippen LogP contribution is -2.37. The van der Waals surface area contributed by atoms with Gasteiger partial charge in [0.2, 0.25) is 5.91 Å². The normalized spacial score (nSPS) is 14.2. The van der Waals surface area contributed by atoms with Gasteiger partial charge in [-0.1, -0.05) is 30.3 Å². The predicted molar refractivity (Wildman–Crippen MR) is 113 cm³/mol. The molecule has 0 saturated carbocycles. The Hall–Kier alpha value is -2.33. The lowest BCUT2D eigenvalue weighted by Gasteiger charge is -2.26. The van der Waals surface area contributed by atoms with Gasteiger partial charge in [-0.2, -0.15) is 0 Å². The summed E-state index contributed by atoms with van der Waals surface area (Å²) in [6.07, 6.45) is 2.54. The van der Waals surface area contributed by atoms with E-state index in [4.69, 9.17) is 0 Å². The summed E-state index contributed by atoms with van der Waals surface area (Å²) in [7, 11) is 0. The fourth-order valence-corrected chi connectivity index (χ4v) is 3.57. The Morgan fingerprint density at radius 2 is 1.81 bits per heavy atom. The van der Waals surface area contributed by atoms with Crippen molar-refractivity contribution in [1.82, 2.24) is 4.90 Å². The van der Waals surface area contributed by atoms with E-state index in [1.54, 1.807) is 0 Å². The second-order valence-corrected chi connectivity index (χ2v) is 7.73. The number of nitrogens with zero attached hydrogens (tertiary/aromatic N) is 2. The maximum absolute atomic E-state index is 12.6. The van der Waals surface area contributed by atoms with Crippen molar-refractivity contribution in [2.75, 3.05) is 29.9 Å². The molecule has 1 aliphatic heterocycles. The molecule has 0 atom stereocenters. The molecule has 0 bridgehead atoms. The maximum atomic E-state index is 12.6. The van der Waals surface area contributed by atoms with Crippen molar-refractivity contribution in [1.29, 1.82) is 0 Å². The zero-order valence-corrected chi connectivity index (χ0v) is 16.7. The van der Waals surface area contributed by atoms with Gasteiger partial charge in [0.15, 0.2) is 0 Å². The zero-order valence-electron chi connectivity index (χ0n) is 16.7. The first-order valence-electron chi connectivity index (χ1n) is 9.96. The van der Waals surface area contributed by atoms with Crippen molar-refractivity contribution in [3.8, 4) is 0 Å². The van der Waals surface area contributed by atoms with Gasteiger partial charge in [-0.15, -0.1) is 0 Å². The lowest BCUT2D eigenvalue weighted by atomic mass is 10.1. The molecule has 1 aliphatic rings. The molecule has 4 nitrogen and oxygen atoms in total. The van der Waals surface area contributed by atoms with Gasteiger partial charge in [-0.3, -0.25) is 9.69 Å². The van der Waals surface area contributed by atoms with E-state index in [1.165, 1.54) is 24.1 Å². The largest absolute Gasteiger partial charge is 0.372 e. The van der Waals surface area contributed by atoms with Crippen LogP contribution in [0.4, 0.5) is 11.4 Å². The van der Waals surface area contributed by atoms with Gasteiger partial charge in [0, 0.05) is 37.1 Å². The predicted octanol–water partition coefficient (Wildman–Crippen LogP) is 4.44. The molecule has 1 heterocycles. The molecule has 0 spiro atoms. The molecule has 1 N–H and O–H groups in total. The highest BCUT2D eigenvalue weighted by atomic mass is 16.2. The number of aryl methyl sites for hydroxylation is 1. The van der Waals surface area contributed by atoms with Crippen molar-refractivity contribution in [3.63, 3.8) is 0 Å². The summed E-state index contributed by atoms with van der Waals surface area (Å²) in [6.45, 7) is 9.76. The Kier molecular flexibility index (Phi) is 6.51. The molecule has 0 aromatic heterocycles. The molecule has 144 valence electrons. The van der Waals surface area contributed by atoms with E-state index < -0.39 is 0 Å². The van der Waals surface area contributed by atoms with E-state index in [1.807, 2.05) is 24.3 Å². The van der Waals surface area contributed by atoms with E-state index >= 15 is 0 Å². The van der Waals surface area contributed by atoms with Crippen LogP contribution in [0.25, 0.3) is 0 Å². The zero-order chi connectivity index (χ0) is 19.2. The highest BCUT2D eigenvalue weighted by Gasteiger charge is 2.16. The van der Waals surface area contributed by atoms with Crippen LogP contribution < -0.4 is 10.2 Å². The van der Waals surface area contributed by atoms with Crippen molar-refractivity contribution in [2.24, 2.45) is 0 Å². The summed E-state index contributed by atoms with van der Waals surface area (Å²) in [6, 6.07) is 17.0. The third-order valence-corrected chi connectivity index (χ3v) is 5.26. The Labute approximate surface area is 163 Å². The smallest absolute Gasteiger partial charge is 0.238 e. The number of carbonyl (C=O) groups excluding carboxylic acids is 1. The molecule has 0 unspecified atom stereocenters. The highest BCUT2D eigenvalue weighted by molar-refractivity contribution is 5.93. The Morgan fingerprint density at radius 1 is 1.11 bits per heavy atom. The van der Waals surface area contributed by atoms with Crippen LogP contribution >= 0.6 is 0 Å². The van der Waals surface area contributed by atoms with Crippen LogP contribution in [0.1, 0.15) is 37.8 Å². The number of hydrogen-bond donors (Lipinski definition) is 1. The van der Waals surface area contributed by atoms with Gasteiger partial charge in [-0.25, -0.2) is 0 Å². The summed E-state index contributed by atoms with van der Waals surface area (Å²) in [5, 5.41) is 3.10. The van der Waals surface area contributed by atoms with Crippen molar-refractivity contribution in [3.05, 3.63) is 59.7 Å². The molecule has 1 fully saturated rings. The minimum atomic E-state index is 0.0386. The van der Waals surface area contributed by atoms with Gasteiger partial charge < -0.3 is 10.2 Å². The Balaban J connectivity index is 1.61. The first-order valence-corrected chi connectivity index (χ1v) is 9.96. The average Bonchev–Trinajstić information content (AvgIpc) is 3.18. The van der Waals surface area contributed by atoms with Crippen LogP contribution in [0.5, 0.6) is 0 Å². The third kappa shape index (κ3) is 5.33. The SMILES string of the molecule is Cc1cc(N2CCCC2)ccc1NC(=O)CN(Cc1ccccc1)C(C)C. The molecule has 4 heteroatoms. The number of rotatable bonds is 7. The summed E-state index contributed by atoms with van der Waals surface area (Å²) >= 11 is 0. The summed E-state index contributed by atoms with van der Waals surface area (Å²) in [4.78, 5) is 17.3. The van der Waals surface area contributed by atoms with Crippen LogP contribution in [0.2, 0.25) is 0 Å². The number of carbonyl (C=O) groups is 1. The van der Waals surface area contributed by atoms with Crippen molar-refractivity contribution < 1.29 is 4.79 Å².